The van der Waals surface area contributed by atoms with E-state index in [2.05, 4.69) is 45.6 Å². The quantitative estimate of drug-likeness (QED) is 0.681. The Morgan fingerprint density at radius 1 is 1.19 bits per heavy atom. The molecule has 0 aliphatic rings. The largest absolute Gasteiger partial charge is 0.316 e. The van der Waals surface area contributed by atoms with Crippen molar-refractivity contribution in [2.45, 2.75) is 17.6 Å². The van der Waals surface area contributed by atoms with Gasteiger partial charge < -0.3 is 5.32 Å². The first-order valence-corrected chi connectivity index (χ1v) is 8.48. The number of rotatable bonds is 5. The lowest BCUT2D eigenvalue weighted by molar-refractivity contribution is 1.22. The zero-order valence-corrected chi connectivity index (χ0v) is 13.2. The van der Waals surface area contributed by atoms with Crippen LogP contribution in [0.4, 0.5) is 10.9 Å². The van der Waals surface area contributed by atoms with Crippen LogP contribution in [0.3, 0.4) is 0 Å². The van der Waals surface area contributed by atoms with Crippen LogP contribution in [0.1, 0.15) is 11.3 Å². The zero-order chi connectivity index (χ0) is 14.5. The van der Waals surface area contributed by atoms with Gasteiger partial charge >= 0.3 is 0 Å². The molecule has 0 bridgehead atoms. The molecule has 21 heavy (non-hydrogen) atoms. The van der Waals surface area contributed by atoms with Gasteiger partial charge in [0.05, 0.1) is 5.69 Å². The number of thiazole rings is 1. The molecule has 3 aromatic rings. The molecule has 0 atom stereocenters. The van der Waals surface area contributed by atoms with Gasteiger partial charge in [-0.2, -0.15) is 0 Å². The van der Waals surface area contributed by atoms with Gasteiger partial charge in [0.2, 0.25) is 0 Å². The first kappa shape index (κ1) is 14.1. The van der Waals surface area contributed by atoms with E-state index in [1.807, 2.05) is 30.6 Å². The van der Waals surface area contributed by atoms with E-state index in [-0.39, 0.29) is 0 Å². The number of thioether (sulfide) groups is 1. The Kier molecular flexibility index (Phi) is 4.52. The van der Waals surface area contributed by atoms with Gasteiger partial charge in [0.25, 0.3) is 0 Å². The standard InChI is InChI=1S/C16H15N3S2/c1-12-10-21-16(18-12)19-15-9-14(7-8-17-15)20-11-13-5-3-2-4-6-13/h2-10H,11H2,1H3,(H,17,18,19). The minimum absolute atomic E-state index is 0.836. The first-order valence-electron chi connectivity index (χ1n) is 6.61. The number of nitrogens with zero attached hydrogens (tertiary/aromatic N) is 2. The van der Waals surface area contributed by atoms with E-state index in [4.69, 9.17) is 0 Å². The molecule has 0 unspecified atom stereocenters. The Labute approximate surface area is 132 Å². The molecule has 0 aliphatic carbocycles. The summed E-state index contributed by atoms with van der Waals surface area (Å²) in [6, 6.07) is 14.6. The monoisotopic (exact) mass is 313 g/mol. The molecule has 0 aliphatic heterocycles. The molecule has 0 saturated heterocycles. The van der Waals surface area contributed by atoms with Crippen LogP contribution >= 0.6 is 23.1 Å². The maximum Gasteiger partial charge on any atom is 0.188 e. The number of anilines is 2. The van der Waals surface area contributed by atoms with Crippen LogP contribution < -0.4 is 5.32 Å². The molecule has 2 aromatic heterocycles. The van der Waals surface area contributed by atoms with E-state index in [0.717, 1.165) is 22.4 Å². The second kappa shape index (κ2) is 6.74. The van der Waals surface area contributed by atoms with Gasteiger partial charge in [-0.15, -0.1) is 23.1 Å². The maximum absolute atomic E-state index is 4.39. The van der Waals surface area contributed by atoms with Gasteiger partial charge in [-0.25, -0.2) is 9.97 Å². The first-order chi connectivity index (χ1) is 10.3. The summed E-state index contributed by atoms with van der Waals surface area (Å²) in [6.07, 6.45) is 1.83. The third-order valence-corrected chi connectivity index (χ3v) is 4.77. The molecule has 0 saturated carbocycles. The van der Waals surface area contributed by atoms with E-state index in [9.17, 15) is 0 Å². The second-order valence-electron chi connectivity index (χ2n) is 4.57. The van der Waals surface area contributed by atoms with Crippen LogP contribution in [0.5, 0.6) is 0 Å². The fraction of sp³-hybridized carbons (Fsp3) is 0.125. The molecule has 0 amide bonds. The third kappa shape index (κ3) is 4.06. The highest BCUT2D eigenvalue weighted by Crippen LogP contribution is 2.26. The van der Waals surface area contributed by atoms with Crippen molar-refractivity contribution in [2.75, 3.05) is 5.32 Å². The summed E-state index contributed by atoms with van der Waals surface area (Å²) in [5.41, 5.74) is 2.35. The number of nitrogens with one attached hydrogen (secondary N) is 1. The minimum atomic E-state index is 0.836. The summed E-state index contributed by atoms with van der Waals surface area (Å²) in [4.78, 5) is 9.93. The fourth-order valence-electron chi connectivity index (χ4n) is 1.83. The lowest BCUT2D eigenvalue weighted by atomic mass is 10.2. The molecule has 0 spiro atoms. The van der Waals surface area contributed by atoms with Gasteiger partial charge in [0.1, 0.15) is 5.82 Å². The molecular weight excluding hydrogens is 298 g/mol. The summed E-state index contributed by atoms with van der Waals surface area (Å²) in [5, 5.41) is 6.15. The molecule has 0 fully saturated rings. The molecule has 3 rings (SSSR count). The van der Waals surface area contributed by atoms with Crippen LogP contribution in [0.2, 0.25) is 0 Å². The van der Waals surface area contributed by atoms with Crippen molar-refractivity contribution in [2.24, 2.45) is 0 Å². The second-order valence-corrected chi connectivity index (χ2v) is 6.48. The van der Waals surface area contributed by atoms with Crippen molar-refractivity contribution >= 4 is 34.0 Å². The lowest BCUT2D eigenvalue weighted by Gasteiger charge is -2.05. The van der Waals surface area contributed by atoms with E-state index < -0.39 is 0 Å². The number of benzene rings is 1. The summed E-state index contributed by atoms with van der Waals surface area (Å²) in [7, 11) is 0. The van der Waals surface area contributed by atoms with E-state index in [1.54, 1.807) is 23.1 Å². The van der Waals surface area contributed by atoms with Crippen LogP contribution in [-0.4, -0.2) is 9.97 Å². The molecule has 3 nitrogen and oxygen atoms in total. The lowest BCUT2D eigenvalue weighted by Crippen LogP contribution is -1.93. The predicted molar refractivity (Wildman–Crippen MR) is 90.4 cm³/mol. The molecule has 2 heterocycles. The molecule has 1 N–H and O–H groups in total. The number of hydrogen-bond donors (Lipinski definition) is 1. The van der Waals surface area contributed by atoms with Crippen molar-refractivity contribution in [1.29, 1.82) is 0 Å². The third-order valence-electron chi connectivity index (χ3n) is 2.83. The average molecular weight is 313 g/mol. The van der Waals surface area contributed by atoms with Crippen molar-refractivity contribution in [3.05, 3.63) is 65.3 Å². The molecule has 0 radical (unpaired) electrons. The van der Waals surface area contributed by atoms with E-state index in [0.29, 0.717) is 0 Å². The summed E-state index contributed by atoms with van der Waals surface area (Å²) >= 11 is 3.40. The van der Waals surface area contributed by atoms with Crippen molar-refractivity contribution in [3.8, 4) is 0 Å². The van der Waals surface area contributed by atoms with E-state index >= 15 is 0 Å². The number of pyridine rings is 1. The highest BCUT2D eigenvalue weighted by Gasteiger charge is 2.02. The Hall–Kier alpha value is -1.85. The molecular formula is C16H15N3S2. The van der Waals surface area contributed by atoms with Crippen molar-refractivity contribution < 1.29 is 0 Å². The molecule has 106 valence electrons. The van der Waals surface area contributed by atoms with Crippen LogP contribution in [0, 0.1) is 6.92 Å². The number of aryl methyl sites for hydroxylation is 1. The number of hydrogen-bond acceptors (Lipinski definition) is 5. The molecule has 1 aromatic carbocycles. The Bertz CT molecular complexity index is 710. The van der Waals surface area contributed by atoms with E-state index in [1.165, 1.54) is 10.5 Å². The minimum Gasteiger partial charge on any atom is -0.316 e. The van der Waals surface area contributed by atoms with Gasteiger partial charge in [0.15, 0.2) is 5.13 Å². The smallest absolute Gasteiger partial charge is 0.188 e. The van der Waals surface area contributed by atoms with Gasteiger partial charge in [0, 0.05) is 22.2 Å². The maximum atomic E-state index is 4.39. The Balaban J connectivity index is 1.65. The topological polar surface area (TPSA) is 37.8 Å². The van der Waals surface area contributed by atoms with Crippen molar-refractivity contribution in [3.63, 3.8) is 0 Å². The zero-order valence-electron chi connectivity index (χ0n) is 11.6. The Morgan fingerprint density at radius 2 is 2.05 bits per heavy atom. The fourth-order valence-corrected chi connectivity index (χ4v) is 3.40. The Morgan fingerprint density at radius 3 is 2.81 bits per heavy atom. The van der Waals surface area contributed by atoms with Gasteiger partial charge in [-0.05, 0) is 24.6 Å². The highest BCUT2D eigenvalue weighted by molar-refractivity contribution is 7.98. The normalized spacial score (nSPS) is 10.5. The van der Waals surface area contributed by atoms with Crippen molar-refractivity contribution in [1.82, 2.24) is 9.97 Å². The molecule has 5 heteroatoms. The summed E-state index contributed by atoms with van der Waals surface area (Å²) < 4.78 is 0. The van der Waals surface area contributed by atoms with Gasteiger partial charge in [-0.3, -0.25) is 0 Å². The van der Waals surface area contributed by atoms with Gasteiger partial charge in [-0.1, -0.05) is 30.3 Å². The van der Waals surface area contributed by atoms with Crippen LogP contribution in [0.15, 0.2) is 58.9 Å². The summed E-state index contributed by atoms with van der Waals surface area (Å²) in [5.74, 6) is 1.79. The highest BCUT2D eigenvalue weighted by atomic mass is 32.2. The van der Waals surface area contributed by atoms with Crippen LogP contribution in [0.25, 0.3) is 0 Å². The predicted octanol–water partition coefficient (Wildman–Crippen LogP) is 4.88. The average Bonchev–Trinajstić information content (AvgIpc) is 2.92. The van der Waals surface area contributed by atoms with Crippen LogP contribution in [-0.2, 0) is 5.75 Å². The summed E-state index contributed by atoms with van der Waals surface area (Å²) in [6.45, 7) is 1.99. The SMILES string of the molecule is Cc1csc(Nc2cc(SCc3ccccc3)ccn2)n1. The number of aromatic nitrogens is 2.